The number of pyridine rings is 1. The van der Waals surface area contributed by atoms with Crippen molar-refractivity contribution in [2.75, 3.05) is 12.4 Å². The summed E-state index contributed by atoms with van der Waals surface area (Å²) in [6.45, 7) is 6.94. The van der Waals surface area contributed by atoms with Gasteiger partial charge in [-0.3, -0.25) is 9.78 Å². The molecule has 150 valence electrons. The van der Waals surface area contributed by atoms with Crippen molar-refractivity contribution >= 4 is 17.3 Å². The number of carbonyl (C=O) groups excluding carboxylic acids is 1. The van der Waals surface area contributed by atoms with E-state index >= 15 is 0 Å². The Kier molecular flexibility index (Phi) is 6.17. The molecule has 2 N–H and O–H groups in total. The van der Waals surface area contributed by atoms with E-state index in [1.807, 2.05) is 42.5 Å². The number of aromatic nitrogens is 1. The van der Waals surface area contributed by atoms with Gasteiger partial charge in [-0.1, -0.05) is 51.1 Å². The Hall–Kier alpha value is -3.34. The van der Waals surface area contributed by atoms with Crippen LogP contribution < -0.4 is 15.4 Å². The molecule has 1 aromatic heterocycles. The van der Waals surface area contributed by atoms with Gasteiger partial charge in [0.1, 0.15) is 11.4 Å². The Morgan fingerprint density at radius 2 is 1.72 bits per heavy atom. The second-order valence-corrected chi connectivity index (χ2v) is 7.88. The molecule has 0 aliphatic heterocycles. The molecule has 0 atom stereocenters. The lowest BCUT2D eigenvalue weighted by molar-refractivity contribution is 0.0945. The lowest BCUT2D eigenvalue weighted by Crippen LogP contribution is -2.24. The number of amides is 1. The second kappa shape index (κ2) is 8.78. The Morgan fingerprint density at radius 3 is 2.41 bits per heavy atom. The van der Waals surface area contributed by atoms with E-state index in [1.54, 1.807) is 19.4 Å². The van der Waals surface area contributed by atoms with Crippen LogP contribution in [0.2, 0.25) is 0 Å². The fourth-order valence-corrected chi connectivity index (χ4v) is 2.97. The highest BCUT2D eigenvalue weighted by molar-refractivity contribution is 5.93. The predicted molar refractivity (Wildman–Crippen MR) is 117 cm³/mol. The average molecular weight is 389 g/mol. The number of carbonyl (C=O) groups is 1. The Balaban J connectivity index is 1.66. The first-order valence-electron chi connectivity index (χ1n) is 9.60. The largest absolute Gasteiger partial charge is 0.496 e. The first kappa shape index (κ1) is 20.4. The summed E-state index contributed by atoms with van der Waals surface area (Å²) >= 11 is 0. The van der Waals surface area contributed by atoms with Crippen LogP contribution in [0.15, 0.2) is 66.9 Å². The van der Waals surface area contributed by atoms with E-state index in [1.165, 1.54) is 5.56 Å². The minimum Gasteiger partial charge on any atom is -0.496 e. The van der Waals surface area contributed by atoms with Gasteiger partial charge in [-0.15, -0.1) is 0 Å². The predicted octanol–water partition coefficient (Wildman–Crippen LogP) is 5.06. The molecule has 0 bridgehead atoms. The molecule has 0 fully saturated rings. The number of benzene rings is 2. The van der Waals surface area contributed by atoms with Gasteiger partial charge in [0.05, 0.1) is 7.11 Å². The number of anilines is 2. The third kappa shape index (κ3) is 5.35. The first-order valence-corrected chi connectivity index (χ1v) is 9.60. The van der Waals surface area contributed by atoms with E-state index < -0.39 is 0 Å². The van der Waals surface area contributed by atoms with Crippen LogP contribution in [0.5, 0.6) is 5.75 Å². The molecule has 29 heavy (non-hydrogen) atoms. The molecule has 0 aliphatic rings. The van der Waals surface area contributed by atoms with E-state index in [0.29, 0.717) is 12.2 Å². The third-order valence-electron chi connectivity index (χ3n) is 4.66. The minimum absolute atomic E-state index is 0.113. The molecule has 1 heterocycles. The number of hydrogen-bond donors (Lipinski definition) is 2. The lowest BCUT2D eigenvalue weighted by atomic mass is 9.87. The molecule has 1 amide bonds. The summed E-state index contributed by atoms with van der Waals surface area (Å²) in [5.74, 6) is 0.512. The number of ether oxygens (including phenoxy) is 1. The standard InChI is InChI=1S/C24H27N3O2/c1-24(2,3)18-9-11-19(12-10-18)27-20-13-14-25-21(15-20)23(28)26-16-17-7-5-6-8-22(17)29-4/h5-15H,16H2,1-4H3,(H,25,27)(H,26,28). The van der Waals surface area contributed by atoms with Crippen molar-refractivity contribution in [1.29, 1.82) is 0 Å². The van der Waals surface area contributed by atoms with E-state index in [4.69, 9.17) is 4.74 Å². The Bertz CT molecular complexity index is 976. The van der Waals surface area contributed by atoms with Gasteiger partial charge in [0, 0.05) is 29.7 Å². The van der Waals surface area contributed by atoms with Crippen LogP contribution in [-0.4, -0.2) is 18.0 Å². The maximum atomic E-state index is 12.5. The molecule has 0 radical (unpaired) electrons. The molecule has 0 saturated heterocycles. The number of nitrogens with one attached hydrogen (secondary N) is 2. The van der Waals surface area contributed by atoms with Gasteiger partial charge in [-0.05, 0) is 41.3 Å². The van der Waals surface area contributed by atoms with Gasteiger partial charge >= 0.3 is 0 Å². The van der Waals surface area contributed by atoms with Crippen LogP contribution in [0.3, 0.4) is 0 Å². The lowest BCUT2D eigenvalue weighted by Gasteiger charge is -2.19. The smallest absolute Gasteiger partial charge is 0.270 e. The molecule has 3 aromatic rings. The average Bonchev–Trinajstić information content (AvgIpc) is 2.72. The van der Waals surface area contributed by atoms with Crippen molar-refractivity contribution in [3.05, 3.63) is 83.7 Å². The summed E-state index contributed by atoms with van der Waals surface area (Å²) in [5.41, 5.74) is 4.43. The van der Waals surface area contributed by atoms with E-state index in [0.717, 1.165) is 22.7 Å². The maximum Gasteiger partial charge on any atom is 0.270 e. The van der Waals surface area contributed by atoms with Crippen molar-refractivity contribution in [2.24, 2.45) is 0 Å². The van der Waals surface area contributed by atoms with Gasteiger partial charge in [0.15, 0.2) is 0 Å². The zero-order chi connectivity index (χ0) is 20.9. The highest BCUT2D eigenvalue weighted by Gasteiger charge is 2.13. The minimum atomic E-state index is -0.234. The number of nitrogens with zero attached hydrogens (tertiary/aromatic N) is 1. The van der Waals surface area contributed by atoms with Crippen molar-refractivity contribution in [2.45, 2.75) is 32.7 Å². The summed E-state index contributed by atoms with van der Waals surface area (Å²) in [5, 5.41) is 6.23. The highest BCUT2D eigenvalue weighted by Crippen LogP contribution is 2.25. The quantitative estimate of drug-likeness (QED) is 0.618. The topological polar surface area (TPSA) is 63.2 Å². The highest BCUT2D eigenvalue weighted by atomic mass is 16.5. The molecule has 0 unspecified atom stereocenters. The molecular formula is C24H27N3O2. The van der Waals surface area contributed by atoms with E-state index in [9.17, 15) is 4.79 Å². The second-order valence-electron chi connectivity index (χ2n) is 7.88. The molecule has 5 nitrogen and oxygen atoms in total. The molecule has 5 heteroatoms. The summed E-state index contributed by atoms with van der Waals surface area (Å²) < 4.78 is 5.32. The number of hydrogen-bond acceptors (Lipinski definition) is 4. The van der Waals surface area contributed by atoms with Crippen LogP contribution in [0, 0.1) is 0 Å². The van der Waals surface area contributed by atoms with E-state index in [2.05, 4.69) is 48.5 Å². The van der Waals surface area contributed by atoms with Gasteiger partial charge in [-0.25, -0.2) is 0 Å². The SMILES string of the molecule is COc1ccccc1CNC(=O)c1cc(Nc2ccc(C(C)(C)C)cc2)ccn1. The van der Waals surface area contributed by atoms with E-state index in [-0.39, 0.29) is 11.3 Å². The summed E-state index contributed by atoms with van der Waals surface area (Å²) in [4.78, 5) is 16.7. The van der Waals surface area contributed by atoms with Gasteiger partial charge in [-0.2, -0.15) is 0 Å². The number of methoxy groups -OCH3 is 1. The van der Waals surface area contributed by atoms with Gasteiger partial charge in [0.25, 0.3) is 5.91 Å². The van der Waals surface area contributed by atoms with Crippen molar-refractivity contribution in [1.82, 2.24) is 10.3 Å². The van der Waals surface area contributed by atoms with Crippen LogP contribution in [0.25, 0.3) is 0 Å². The van der Waals surface area contributed by atoms with Crippen molar-refractivity contribution < 1.29 is 9.53 Å². The molecule has 0 aliphatic carbocycles. The molecule has 3 rings (SSSR count). The van der Waals surface area contributed by atoms with Gasteiger partial charge < -0.3 is 15.4 Å². The summed E-state index contributed by atoms with van der Waals surface area (Å²) in [6, 6.07) is 19.5. The molecule has 0 saturated carbocycles. The summed E-state index contributed by atoms with van der Waals surface area (Å²) in [7, 11) is 1.62. The van der Waals surface area contributed by atoms with Gasteiger partial charge in [0.2, 0.25) is 0 Å². The number of rotatable bonds is 6. The first-order chi connectivity index (χ1) is 13.9. The zero-order valence-electron chi connectivity index (χ0n) is 17.3. The monoisotopic (exact) mass is 389 g/mol. The normalized spacial score (nSPS) is 11.0. The van der Waals surface area contributed by atoms with Crippen LogP contribution >= 0.6 is 0 Å². The fraction of sp³-hybridized carbons (Fsp3) is 0.250. The summed E-state index contributed by atoms with van der Waals surface area (Å²) in [6.07, 6.45) is 1.63. The zero-order valence-corrected chi connectivity index (χ0v) is 17.3. The maximum absolute atomic E-state index is 12.5. The molecular weight excluding hydrogens is 362 g/mol. The van der Waals surface area contributed by atoms with Crippen LogP contribution in [0.4, 0.5) is 11.4 Å². The Labute approximate surface area is 172 Å². The van der Waals surface area contributed by atoms with Crippen LogP contribution in [0.1, 0.15) is 42.4 Å². The number of para-hydroxylation sites is 1. The van der Waals surface area contributed by atoms with Crippen molar-refractivity contribution in [3.8, 4) is 5.75 Å². The van der Waals surface area contributed by atoms with Crippen molar-refractivity contribution in [3.63, 3.8) is 0 Å². The Morgan fingerprint density at radius 1 is 1.00 bits per heavy atom. The van der Waals surface area contributed by atoms with Crippen LogP contribution in [-0.2, 0) is 12.0 Å². The fourth-order valence-electron chi connectivity index (χ4n) is 2.97. The molecule has 2 aromatic carbocycles. The third-order valence-corrected chi connectivity index (χ3v) is 4.66. The molecule has 0 spiro atoms.